The van der Waals surface area contributed by atoms with Crippen LogP contribution in [0.1, 0.15) is 18.0 Å². The van der Waals surface area contributed by atoms with Crippen LogP contribution in [-0.4, -0.2) is 36.4 Å². The number of hydrogen-bond donors (Lipinski definition) is 2. The molecule has 1 amide bonds. The summed E-state index contributed by atoms with van der Waals surface area (Å²) in [4.78, 5) is 22.3. The third kappa shape index (κ3) is 7.31. The molecule has 1 rings (SSSR count). The van der Waals surface area contributed by atoms with E-state index in [-0.39, 0.29) is 6.42 Å². The van der Waals surface area contributed by atoms with E-state index in [1.165, 1.54) is 0 Å². The molecule has 0 bridgehead atoms. The third-order valence-electron chi connectivity index (χ3n) is 2.41. The van der Waals surface area contributed by atoms with Crippen LogP contribution in [0.2, 0.25) is 0 Å². The summed E-state index contributed by atoms with van der Waals surface area (Å²) in [6.07, 6.45) is -4.89. The number of alkyl halides is 3. The number of rotatable bonds is 7. The highest BCUT2D eigenvalue weighted by atomic mass is 19.4. The first kappa shape index (κ1) is 17.0. The molecule has 1 atom stereocenters. The van der Waals surface area contributed by atoms with E-state index in [0.29, 0.717) is 5.56 Å². The van der Waals surface area contributed by atoms with Crippen LogP contribution < -0.4 is 5.32 Å². The molecule has 0 aliphatic carbocycles. The van der Waals surface area contributed by atoms with Gasteiger partial charge in [0.25, 0.3) is 0 Å². The highest BCUT2D eigenvalue weighted by molar-refractivity contribution is 5.78. The van der Waals surface area contributed by atoms with Crippen LogP contribution in [0.25, 0.3) is 0 Å². The summed E-state index contributed by atoms with van der Waals surface area (Å²) in [5.41, 5.74) is 0.545. The fourth-order valence-electron chi connectivity index (χ4n) is 1.61. The molecule has 5 nitrogen and oxygen atoms in total. The van der Waals surface area contributed by atoms with Crippen molar-refractivity contribution in [1.82, 2.24) is 5.32 Å². The zero-order valence-corrected chi connectivity index (χ0v) is 10.9. The van der Waals surface area contributed by atoms with Gasteiger partial charge in [0.05, 0.1) is 12.5 Å². The van der Waals surface area contributed by atoms with Crippen LogP contribution in [0.5, 0.6) is 0 Å². The van der Waals surface area contributed by atoms with Gasteiger partial charge in [0.15, 0.2) is 0 Å². The van der Waals surface area contributed by atoms with Gasteiger partial charge in [0, 0.05) is 0 Å². The largest absolute Gasteiger partial charge is 0.481 e. The van der Waals surface area contributed by atoms with Gasteiger partial charge in [-0.25, -0.2) is 0 Å². The lowest BCUT2D eigenvalue weighted by atomic mass is 10.0. The van der Waals surface area contributed by atoms with Crippen molar-refractivity contribution in [2.24, 2.45) is 0 Å². The van der Waals surface area contributed by atoms with Crippen LogP contribution in [0.4, 0.5) is 13.2 Å². The number of hydrogen-bond acceptors (Lipinski definition) is 3. The molecule has 0 aliphatic heterocycles. The molecule has 1 aromatic rings. The fraction of sp³-hybridized carbons (Fsp3) is 0.385. The number of nitrogens with one attached hydrogen (secondary N) is 1. The van der Waals surface area contributed by atoms with Gasteiger partial charge in [0.2, 0.25) is 5.91 Å². The van der Waals surface area contributed by atoms with E-state index in [4.69, 9.17) is 5.11 Å². The van der Waals surface area contributed by atoms with Crippen LogP contribution >= 0.6 is 0 Å². The Bertz CT molecular complexity index is 476. The van der Waals surface area contributed by atoms with Gasteiger partial charge in [-0.15, -0.1) is 0 Å². The molecule has 21 heavy (non-hydrogen) atoms. The fourth-order valence-corrected chi connectivity index (χ4v) is 1.61. The lowest BCUT2D eigenvalue weighted by Gasteiger charge is -2.17. The highest BCUT2D eigenvalue weighted by Crippen LogP contribution is 2.17. The van der Waals surface area contributed by atoms with E-state index in [0.717, 1.165) is 0 Å². The van der Waals surface area contributed by atoms with E-state index >= 15 is 0 Å². The van der Waals surface area contributed by atoms with Crippen molar-refractivity contribution in [2.75, 3.05) is 13.2 Å². The van der Waals surface area contributed by atoms with Gasteiger partial charge in [-0.2, -0.15) is 13.2 Å². The number of halogens is 3. The molecule has 8 heteroatoms. The average molecular weight is 305 g/mol. The van der Waals surface area contributed by atoms with Gasteiger partial charge in [0.1, 0.15) is 13.2 Å². The lowest BCUT2D eigenvalue weighted by molar-refractivity contribution is -0.175. The molecular weight excluding hydrogens is 291 g/mol. The average Bonchev–Trinajstić information content (AvgIpc) is 2.37. The lowest BCUT2D eigenvalue weighted by Crippen LogP contribution is -2.34. The molecule has 0 heterocycles. The number of aliphatic carboxylic acids is 1. The summed E-state index contributed by atoms with van der Waals surface area (Å²) >= 11 is 0. The zero-order valence-electron chi connectivity index (χ0n) is 10.9. The summed E-state index contributed by atoms with van der Waals surface area (Å²) in [6.45, 7) is -2.32. The maximum Gasteiger partial charge on any atom is 0.411 e. The van der Waals surface area contributed by atoms with Crippen LogP contribution in [0.15, 0.2) is 30.3 Å². The Kier molecular flexibility index (Phi) is 6.16. The normalized spacial score (nSPS) is 12.7. The van der Waals surface area contributed by atoms with E-state index in [9.17, 15) is 22.8 Å². The maximum atomic E-state index is 11.9. The van der Waals surface area contributed by atoms with Gasteiger partial charge in [-0.05, 0) is 5.56 Å². The predicted octanol–water partition coefficient (Wildman–Crippen LogP) is 1.90. The van der Waals surface area contributed by atoms with Gasteiger partial charge >= 0.3 is 12.1 Å². The molecule has 0 fully saturated rings. The zero-order chi connectivity index (χ0) is 15.9. The number of carbonyl (C=O) groups is 2. The SMILES string of the molecule is O=C(O)C[C@@H](NC(=O)COCC(F)(F)F)c1ccccc1. The molecule has 0 saturated heterocycles. The molecule has 0 aliphatic rings. The Balaban J connectivity index is 2.57. The minimum Gasteiger partial charge on any atom is -0.481 e. The Labute approximate surface area is 118 Å². The molecule has 0 unspecified atom stereocenters. The van der Waals surface area contributed by atoms with E-state index in [1.54, 1.807) is 30.3 Å². The van der Waals surface area contributed by atoms with E-state index in [1.807, 2.05) is 0 Å². The Hall–Kier alpha value is -2.09. The standard InChI is InChI=1S/C13H14F3NO4/c14-13(15,16)8-21-7-11(18)17-10(6-12(19)20)9-4-2-1-3-5-9/h1-5,10H,6-8H2,(H,17,18)(H,19,20)/t10-/m1/s1. The monoisotopic (exact) mass is 305 g/mol. The molecule has 0 saturated carbocycles. The maximum absolute atomic E-state index is 11.9. The van der Waals surface area contributed by atoms with Crippen molar-refractivity contribution in [3.63, 3.8) is 0 Å². The van der Waals surface area contributed by atoms with Crippen molar-refractivity contribution in [3.05, 3.63) is 35.9 Å². The van der Waals surface area contributed by atoms with Crippen LogP contribution in [0.3, 0.4) is 0 Å². The molecule has 0 radical (unpaired) electrons. The molecular formula is C13H14F3NO4. The first-order valence-corrected chi connectivity index (χ1v) is 5.98. The van der Waals surface area contributed by atoms with Gasteiger partial charge in [-0.3, -0.25) is 9.59 Å². The second-order valence-electron chi connectivity index (χ2n) is 4.24. The number of benzene rings is 1. The van der Waals surface area contributed by atoms with Crippen molar-refractivity contribution in [3.8, 4) is 0 Å². The van der Waals surface area contributed by atoms with E-state index < -0.39 is 37.3 Å². The van der Waals surface area contributed by atoms with Gasteiger partial charge in [-0.1, -0.05) is 30.3 Å². The van der Waals surface area contributed by atoms with Gasteiger partial charge < -0.3 is 15.2 Å². The highest BCUT2D eigenvalue weighted by Gasteiger charge is 2.28. The number of carboxylic acids is 1. The number of carboxylic acid groups (broad SMARTS) is 1. The molecule has 1 aromatic carbocycles. The first-order valence-electron chi connectivity index (χ1n) is 5.98. The molecule has 0 spiro atoms. The molecule has 116 valence electrons. The smallest absolute Gasteiger partial charge is 0.411 e. The summed E-state index contributed by atoms with van der Waals surface area (Å²) in [6, 6.07) is 7.45. The minimum absolute atomic E-state index is 0.380. The summed E-state index contributed by atoms with van der Waals surface area (Å²) in [5.74, 6) is -1.95. The summed E-state index contributed by atoms with van der Waals surface area (Å²) < 4.78 is 39.8. The Morgan fingerprint density at radius 3 is 2.38 bits per heavy atom. The second kappa shape index (κ2) is 7.63. The number of carbonyl (C=O) groups excluding carboxylic acids is 1. The van der Waals surface area contributed by atoms with Crippen molar-refractivity contribution >= 4 is 11.9 Å². The number of amides is 1. The van der Waals surface area contributed by atoms with E-state index in [2.05, 4.69) is 10.1 Å². The van der Waals surface area contributed by atoms with Crippen molar-refractivity contribution < 1.29 is 32.6 Å². The summed E-state index contributed by atoms with van der Waals surface area (Å²) in [7, 11) is 0. The second-order valence-corrected chi connectivity index (χ2v) is 4.24. The quantitative estimate of drug-likeness (QED) is 0.806. The van der Waals surface area contributed by atoms with Crippen molar-refractivity contribution in [2.45, 2.75) is 18.6 Å². The minimum atomic E-state index is -4.51. The van der Waals surface area contributed by atoms with Crippen molar-refractivity contribution in [1.29, 1.82) is 0 Å². The first-order chi connectivity index (χ1) is 9.78. The molecule has 2 N–H and O–H groups in total. The third-order valence-corrected chi connectivity index (χ3v) is 2.41. The summed E-state index contributed by atoms with van der Waals surface area (Å²) in [5, 5.41) is 11.1. The number of ether oxygens (including phenoxy) is 1. The topological polar surface area (TPSA) is 75.6 Å². The predicted molar refractivity (Wildman–Crippen MR) is 66.5 cm³/mol. The molecule has 0 aromatic heterocycles. The Morgan fingerprint density at radius 2 is 1.86 bits per heavy atom. The van der Waals surface area contributed by atoms with Crippen LogP contribution in [-0.2, 0) is 14.3 Å². The van der Waals surface area contributed by atoms with Crippen LogP contribution in [0, 0.1) is 0 Å². The Morgan fingerprint density at radius 1 is 1.24 bits per heavy atom.